The number of rotatable bonds is 6. The number of aryl methyl sites for hydroxylation is 1. The summed E-state index contributed by atoms with van der Waals surface area (Å²) >= 11 is 0. The third-order valence-electron chi connectivity index (χ3n) is 6.00. The molecule has 2 atom stereocenters. The lowest BCUT2D eigenvalue weighted by Crippen LogP contribution is -2.38. The molecule has 0 saturated carbocycles. The maximum Gasteiger partial charge on any atom is 0.410 e. The van der Waals surface area contributed by atoms with Crippen LogP contribution in [-0.4, -0.2) is 66.2 Å². The third-order valence-corrected chi connectivity index (χ3v) is 6.00. The standard InChI is InChI=1S/C22H28F3N5O2/c1-15-3-5-16(6-4-15)18-13-19(22(23,24)25)30-20(28-18)17(14-27-30)21(31)26-7-2-8-29-9-11-32-12-10-29/h3-6,14,18-19,28H,2,7-13H2,1H3,(H,26,31)/t18-,19-/m0/s1. The van der Waals surface area contributed by atoms with E-state index in [0.29, 0.717) is 19.8 Å². The predicted molar refractivity (Wildman–Crippen MR) is 114 cm³/mol. The molecule has 0 spiro atoms. The molecule has 10 heteroatoms. The highest BCUT2D eigenvalue weighted by atomic mass is 19.4. The number of alkyl halides is 3. The number of benzene rings is 1. The van der Waals surface area contributed by atoms with Crippen LogP contribution in [0.1, 0.15) is 46.4 Å². The van der Waals surface area contributed by atoms with Gasteiger partial charge >= 0.3 is 6.18 Å². The van der Waals surface area contributed by atoms with Gasteiger partial charge in [-0.15, -0.1) is 0 Å². The van der Waals surface area contributed by atoms with Gasteiger partial charge in [-0.2, -0.15) is 18.3 Å². The summed E-state index contributed by atoms with van der Waals surface area (Å²) in [6.45, 7) is 6.35. The number of nitrogens with zero attached hydrogens (tertiary/aromatic N) is 3. The van der Waals surface area contributed by atoms with Crippen LogP contribution in [0.5, 0.6) is 0 Å². The highest BCUT2D eigenvalue weighted by Crippen LogP contribution is 2.44. The summed E-state index contributed by atoms with van der Waals surface area (Å²) < 4.78 is 47.6. The molecule has 4 rings (SSSR count). The van der Waals surface area contributed by atoms with Gasteiger partial charge in [-0.3, -0.25) is 9.69 Å². The summed E-state index contributed by atoms with van der Waals surface area (Å²) in [5.74, 6) is -0.318. The molecular weight excluding hydrogens is 423 g/mol. The Hall–Kier alpha value is -2.59. The zero-order valence-electron chi connectivity index (χ0n) is 18.0. The van der Waals surface area contributed by atoms with Crippen molar-refractivity contribution >= 4 is 11.7 Å². The normalized spacial score (nSPS) is 21.6. The van der Waals surface area contributed by atoms with Crippen LogP contribution in [0.25, 0.3) is 0 Å². The smallest absolute Gasteiger partial charge is 0.379 e. The van der Waals surface area contributed by atoms with Crippen molar-refractivity contribution in [2.45, 2.75) is 38.0 Å². The number of fused-ring (bicyclic) bond motifs is 1. The monoisotopic (exact) mass is 451 g/mol. The Balaban J connectivity index is 1.46. The van der Waals surface area contributed by atoms with E-state index in [2.05, 4.69) is 20.6 Å². The number of anilines is 1. The summed E-state index contributed by atoms with van der Waals surface area (Å²) in [6.07, 6.45) is -2.70. The first-order valence-corrected chi connectivity index (χ1v) is 10.9. The number of nitrogens with one attached hydrogen (secondary N) is 2. The molecule has 1 fully saturated rings. The maximum absolute atomic E-state index is 13.8. The van der Waals surface area contributed by atoms with Crippen molar-refractivity contribution in [2.75, 3.05) is 44.7 Å². The number of aromatic nitrogens is 2. The SMILES string of the molecule is Cc1ccc([C@@H]2C[C@@H](C(F)(F)F)n3ncc(C(=O)NCCCN4CCOCC4)c3N2)cc1. The number of carbonyl (C=O) groups is 1. The molecule has 1 amide bonds. The van der Waals surface area contributed by atoms with Gasteiger partial charge in [0.05, 0.1) is 25.5 Å². The first-order valence-electron chi connectivity index (χ1n) is 10.9. The molecular formula is C22H28F3N5O2. The van der Waals surface area contributed by atoms with Gasteiger partial charge in [0.1, 0.15) is 11.4 Å². The second-order valence-corrected chi connectivity index (χ2v) is 8.32. The van der Waals surface area contributed by atoms with Crippen LogP contribution < -0.4 is 10.6 Å². The first kappa shape index (κ1) is 22.6. The topological polar surface area (TPSA) is 71.4 Å². The Morgan fingerprint density at radius 3 is 2.66 bits per heavy atom. The molecule has 2 aliphatic heterocycles. The minimum absolute atomic E-state index is 0.106. The summed E-state index contributed by atoms with van der Waals surface area (Å²) in [7, 11) is 0. The molecule has 0 radical (unpaired) electrons. The van der Waals surface area contributed by atoms with E-state index in [1.807, 2.05) is 31.2 Å². The molecule has 0 aliphatic carbocycles. The van der Waals surface area contributed by atoms with Crippen molar-refractivity contribution in [1.82, 2.24) is 20.0 Å². The minimum atomic E-state index is -4.47. The summed E-state index contributed by atoms with van der Waals surface area (Å²) in [5.41, 5.74) is 1.90. The number of carbonyl (C=O) groups excluding carboxylic acids is 1. The van der Waals surface area contributed by atoms with Gasteiger partial charge in [-0.1, -0.05) is 29.8 Å². The van der Waals surface area contributed by atoms with Gasteiger partial charge in [0.25, 0.3) is 5.91 Å². The Kier molecular flexibility index (Phi) is 6.71. The lowest BCUT2D eigenvalue weighted by molar-refractivity contribution is -0.173. The molecule has 1 aromatic heterocycles. The number of hydrogen-bond acceptors (Lipinski definition) is 5. The largest absolute Gasteiger partial charge is 0.410 e. The number of morpholine rings is 1. The van der Waals surface area contributed by atoms with Crippen LogP contribution in [0, 0.1) is 6.92 Å². The van der Waals surface area contributed by atoms with Crippen LogP contribution >= 0.6 is 0 Å². The lowest BCUT2D eigenvalue weighted by atomic mass is 9.96. The number of ether oxygens (including phenoxy) is 1. The van der Waals surface area contributed by atoms with E-state index in [1.54, 1.807) is 0 Å². The van der Waals surface area contributed by atoms with Gasteiger partial charge in [0, 0.05) is 26.1 Å². The van der Waals surface area contributed by atoms with Crippen LogP contribution in [0.2, 0.25) is 0 Å². The summed E-state index contributed by atoms with van der Waals surface area (Å²) in [6, 6.07) is 5.00. The van der Waals surface area contributed by atoms with Gasteiger partial charge in [0.15, 0.2) is 6.04 Å². The van der Waals surface area contributed by atoms with E-state index in [9.17, 15) is 18.0 Å². The average molecular weight is 451 g/mol. The fraction of sp³-hybridized carbons (Fsp3) is 0.545. The van der Waals surface area contributed by atoms with Crippen molar-refractivity contribution in [1.29, 1.82) is 0 Å². The van der Waals surface area contributed by atoms with E-state index in [4.69, 9.17) is 4.74 Å². The van der Waals surface area contributed by atoms with Gasteiger partial charge in [-0.25, -0.2) is 4.68 Å². The second-order valence-electron chi connectivity index (χ2n) is 8.32. The molecule has 1 aromatic carbocycles. The predicted octanol–water partition coefficient (Wildman–Crippen LogP) is 3.30. The zero-order valence-corrected chi connectivity index (χ0v) is 18.0. The Labute approximate surface area is 184 Å². The molecule has 2 N–H and O–H groups in total. The van der Waals surface area contributed by atoms with Crippen molar-refractivity contribution in [3.05, 3.63) is 47.2 Å². The number of hydrogen-bond donors (Lipinski definition) is 2. The molecule has 2 aliphatic rings. The van der Waals surface area contributed by atoms with E-state index >= 15 is 0 Å². The van der Waals surface area contributed by atoms with Gasteiger partial charge in [0.2, 0.25) is 0 Å². The molecule has 1 saturated heterocycles. The Morgan fingerprint density at radius 2 is 1.97 bits per heavy atom. The Morgan fingerprint density at radius 1 is 1.25 bits per heavy atom. The molecule has 7 nitrogen and oxygen atoms in total. The zero-order chi connectivity index (χ0) is 22.7. The van der Waals surface area contributed by atoms with Crippen molar-refractivity contribution in [3.8, 4) is 0 Å². The molecule has 0 bridgehead atoms. The maximum atomic E-state index is 13.8. The fourth-order valence-corrected chi connectivity index (χ4v) is 4.17. The van der Waals surface area contributed by atoms with Gasteiger partial charge < -0.3 is 15.4 Å². The quantitative estimate of drug-likeness (QED) is 0.660. The summed E-state index contributed by atoms with van der Waals surface area (Å²) in [5, 5.41) is 9.86. The highest BCUT2D eigenvalue weighted by molar-refractivity contribution is 5.98. The minimum Gasteiger partial charge on any atom is -0.379 e. The van der Waals surface area contributed by atoms with Gasteiger partial charge in [-0.05, 0) is 25.5 Å². The number of halogens is 3. The third kappa shape index (κ3) is 5.07. The lowest BCUT2D eigenvalue weighted by Gasteiger charge is -2.34. The van der Waals surface area contributed by atoms with Crippen LogP contribution in [-0.2, 0) is 4.74 Å². The second kappa shape index (κ2) is 9.50. The van der Waals surface area contributed by atoms with Crippen LogP contribution in [0.3, 0.4) is 0 Å². The molecule has 2 aromatic rings. The van der Waals surface area contributed by atoms with E-state index < -0.39 is 24.2 Å². The number of amides is 1. The Bertz CT molecular complexity index is 923. The molecule has 3 heterocycles. The van der Waals surface area contributed by atoms with E-state index in [-0.39, 0.29) is 17.8 Å². The first-order chi connectivity index (χ1) is 15.3. The molecule has 174 valence electrons. The fourth-order valence-electron chi connectivity index (χ4n) is 4.17. The summed E-state index contributed by atoms with van der Waals surface area (Å²) in [4.78, 5) is 15.0. The van der Waals surface area contributed by atoms with Crippen molar-refractivity contribution in [2.24, 2.45) is 0 Å². The molecule has 0 unspecified atom stereocenters. The average Bonchev–Trinajstić information content (AvgIpc) is 3.20. The molecule has 32 heavy (non-hydrogen) atoms. The highest BCUT2D eigenvalue weighted by Gasteiger charge is 2.47. The van der Waals surface area contributed by atoms with Crippen LogP contribution in [0.15, 0.2) is 30.5 Å². The van der Waals surface area contributed by atoms with Crippen LogP contribution in [0.4, 0.5) is 19.0 Å². The van der Waals surface area contributed by atoms with E-state index in [1.165, 1.54) is 6.20 Å². The van der Waals surface area contributed by atoms with Crippen molar-refractivity contribution in [3.63, 3.8) is 0 Å². The van der Waals surface area contributed by atoms with Crippen molar-refractivity contribution < 1.29 is 22.7 Å². The van der Waals surface area contributed by atoms with E-state index in [0.717, 1.165) is 41.9 Å².